The van der Waals surface area contributed by atoms with Crippen molar-refractivity contribution < 1.29 is 9.53 Å². The van der Waals surface area contributed by atoms with Crippen molar-refractivity contribution >= 4 is 16.8 Å². The number of nitrogens with zero attached hydrogens (tertiary/aromatic N) is 3. The summed E-state index contributed by atoms with van der Waals surface area (Å²) < 4.78 is 7.56. The van der Waals surface area contributed by atoms with Crippen molar-refractivity contribution in [2.24, 2.45) is 0 Å². The summed E-state index contributed by atoms with van der Waals surface area (Å²) in [6, 6.07) is 15.5. The quantitative estimate of drug-likeness (QED) is 0.686. The summed E-state index contributed by atoms with van der Waals surface area (Å²) in [5.74, 6) is 0.0253. The molecule has 0 aliphatic carbocycles. The van der Waals surface area contributed by atoms with E-state index in [0.29, 0.717) is 30.5 Å². The van der Waals surface area contributed by atoms with E-state index in [2.05, 4.69) is 4.98 Å². The van der Waals surface area contributed by atoms with Gasteiger partial charge in [-0.2, -0.15) is 0 Å². The number of fused-ring (bicyclic) bond motifs is 1. The van der Waals surface area contributed by atoms with Gasteiger partial charge in [0.1, 0.15) is 6.10 Å². The lowest BCUT2D eigenvalue weighted by molar-refractivity contribution is -0.145. The Hall–Kier alpha value is -2.99. The van der Waals surface area contributed by atoms with Crippen molar-refractivity contribution in [3.63, 3.8) is 0 Å². The largest absolute Gasteiger partial charge is 0.367 e. The lowest BCUT2D eigenvalue weighted by Crippen LogP contribution is -2.46. The van der Waals surface area contributed by atoms with Crippen LogP contribution in [0.25, 0.3) is 10.9 Å². The molecule has 1 amide bonds. The third-order valence-electron chi connectivity index (χ3n) is 5.41. The maximum Gasteiger partial charge on any atom is 0.261 e. The fourth-order valence-corrected chi connectivity index (χ4v) is 3.88. The molecule has 2 atom stereocenters. The first kappa shape index (κ1) is 19.3. The molecular formula is C23H25N3O3. The van der Waals surface area contributed by atoms with E-state index in [1.807, 2.05) is 61.2 Å². The van der Waals surface area contributed by atoms with Crippen LogP contribution in [0.4, 0.5) is 0 Å². The molecule has 1 saturated heterocycles. The van der Waals surface area contributed by atoms with Crippen LogP contribution in [0, 0.1) is 6.92 Å². The molecule has 4 rings (SSSR count). The van der Waals surface area contributed by atoms with Crippen molar-refractivity contribution in [3.8, 4) is 0 Å². The van der Waals surface area contributed by atoms with Crippen LogP contribution in [-0.4, -0.2) is 39.6 Å². The first-order chi connectivity index (χ1) is 14.0. The topological polar surface area (TPSA) is 64.4 Å². The molecule has 0 spiro atoms. The van der Waals surface area contributed by atoms with Gasteiger partial charge in [0.05, 0.1) is 29.9 Å². The van der Waals surface area contributed by atoms with Crippen molar-refractivity contribution in [2.75, 3.05) is 13.1 Å². The summed E-state index contributed by atoms with van der Waals surface area (Å²) in [4.78, 5) is 31.9. The van der Waals surface area contributed by atoms with Crippen LogP contribution < -0.4 is 5.56 Å². The molecule has 0 radical (unpaired) electrons. The molecule has 0 saturated carbocycles. The van der Waals surface area contributed by atoms with Gasteiger partial charge in [0.2, 0.25) is 5.91 Å². The number of amides is 1. The summed E-state index contributed by atoms with van der Waals surface area (Å²) in [6.45, 7) is 5.32. The van der Waals surface area contributed by atoms with Gasteiger partial charge >= 0.3 is 0 Å². The van der Waals surface area contributed by atoms with Gasteiger partial charge in [-0.25, -0.2) is 4.98 Å². The molecule has 1 fully saturated rings. The summed E-state index contributed by atoms with van der Waals surface area (Å²) in [5, 5.41) is 0.587. The van der Waals surface area contributed by atoms with Crippen LogP contribution in [0.5, 0.6) is 0 Å². The number of carbonyl (C=O) groups is 1. The molecule has 1 aliphatic heterocycles. The van der Waals surface area contributed by atoms with Crippen LogP contribution in [0.2, 0.25) is 0 Å². The fourth-order valence-electron chi connectivity index (χ4n) is 3.88. The second kappa shape index (κ2) is 8.17. The SMILES string of the molecule is Cc1cccc2c(=O)n(CCC(=O)N3CC(C)OC(c4ccccc4)C3)cnc12. The molecule has 1 aliphatic rings. The smallest absolute Gasteiger partial charge is 0.261 e. The lowest BCUT2D eigenvalue weighted by atomic mass is 10.1. The molecule has 29 heavy (non-hydrogen) atoms. The van der Waals surface area contributed by atoms with Crippen LogP contribution in [-0.2, 0) is 16.1 Å². The first-order valence-electron chi connectivity index (χ1n) is 9.96. The molecular weight excluding hydrogens is 366 g/mol. The van der Waals surface area contributed by atoms with E-state index in [1.165, 1.54) is 4.57 Å². The molecule has 150 valence electrons. The Morgan fingerprint density at radius 1 is 1.14 bits per heavy atom. The van der Waals surface area contributed by atoms with Crippen LogP contribution >= 0.6 is 0 Å². The second-order valence-electron chi connectivity index (χ2n) is 7.61. The zero-order chi connectivity index (χ0) is 20.4. The van der Waals surface area contributed by atoms with Crippen LogP contribution in [0.1, 0.15) is 30.6 Å². The van der Waals surface area contributed by atoms with Gasteiger partial charge in [-0.05, 0) is 31.0 Å². The van der Waals surface area contributed by atoms with Crippen molar-refractivity contribution in [2.45, 2.75) is 39.0 Å². The van der Waals surface area contributed by atoms with Gasteiger partial charge in [-0.1, -0.05) is 42.5 Å². The van der Waals surface area contributed by atoms with Gasteiger partial charge in [0.15, 0.2) is 0 Å². The number of hydrogen-bond acceptors (Lipinski definition) is 4. The highest BCUT2D eigenvalue weighted by molar-refractivity contribution is 5.80. The Morgan fingerprint density at radius 3 is 2.72 bits per heavy atom. The summed E-state index contributed by atoms with van der Waals surface area (Å²) >= 11 is 0. The Labute approximate surface area is 169 Å². The number of benzene rings is 2. The molecule has 6 nitrogen and oxygen atoms in total. The van der Waals surface area contributed by atoms with Crippen molar-refractivity contribution in [1.82, 2.24) is 14.5 Å². The molecule has 2 aromatic carbocycles. The van der Waals surface area contributed by atoms with E-state index < -0.39 is 0 Å². The van der Waals surface area contributed by atoms with Gasteiger partial charge in [-0.15, -0.1) is 0 Å². The Kier molecular flexibility index (Phi) is 5.45. The minimum absolute atomic E-state index is 0.0253. The van der Waals surface area contributed by atoms with E-state index >= 15 is 0 Å². The van der Waals surface area contributed by atoms with E-state index in [-0.39, 0.29) is 30.1 Å². The first-order valence-corrected chi connectivity index (χ1v) is 9.96. The number of morpholine rings is 1. The zero-order valence-electron chi connectivity index (χ0n) is 16.7. The summed E-state index contributed by atoms with van der Waals surface area (Å²) in [5.41, 5.74) is 2.65. The van der Waals surface area contributed by atoms with Gasteiger partial charge in [0, 0.05) is 19.5 Å². The third-order valence-corrected chi connectivity index (χ3v) is 5.41. The second-order valence-corrected chi connectivity index (χ2v) is 7.61. The van der Waals surface area contributed by atoms with Crippen LogP contribution in [0.3, 0.4) is 0 Å². The summed E-state index contributed by atoms with van der Waals surface area (Å²) in [6.07, 6.45) is 1.63. The Balaban J connectivity index is 1.46. The summed E-state index contributed by atoms with van der Waals surface area (Å²) in [7, 11) is 0. The molecule has 0 N–H and O–H groups in total. The molecule has 2 heterocycles. The van der Waals surface area contributed by atoms with Crippen LogP contribution in [0.15, 0.2) is 59.7 Å². The number of para-hydroxylation sites is 1. The standard InChI is InChI=1S/C23H25N3O3/c1-16-7-6-10-19-22(16)24-15-25(23(19)28)12-11-21(27)26-13-17(2)29-20(14-26)18-8-4-3-5-9-18/h3-10,15,17,20H,11-14H2,1-2H3. The third kappa shape index (κ3) is 4.07. The van der Waals surface area contributed by atoms with Gasteiger partial charge < -0.3 is 9.64 Å². The monoisotopic (exact) mass is 391 g/mol. The molecule has 3 aromatic rings. The Bertz CT molecular complexity index is 1080. The van der Waals surface area contributed by atoms with Crippen molar-refractivity contribution in [3.05, 3.63) is 76.3 Å². The normalized spacial score (nSPS) is 19.4. The number of hydrogen-bond donors (Lipinski definition) is 0. The number of ether oxygens (including phenoxy) is 1. The maximum atomic E-state index is 12.9. The van der Waals surface area contributed by atoms with Crippen molar-refractivity contribution in [1.29, 1.82) is 0 Å². The number of aryl methyl sites for hydroxylation is 2. The minimum Gasteiger partial charge on any atom is -0.367 e. The number of aromatic nitrogens is 2. The zero-order valence-corrected chi connectivity index (χ0v) is 16.7. The molecule has 2 unspecified atom stereocenters. The highest BCUT2D eigenvalue weighted by Gasteiger charge is 2.29. The minimum atomic E-state index is -0.128. The van der Waals surface area contributed by atoms with Gasteiger partial charge in [0.25, 0.3) is 5.56 Å². The Morgan fingerprint density at radius 2 is 1.93 bits per heavy atom. The predicted molar refractivity (Wildman–Crippen MR) is 112 cm³/mol. The lowest BCUT2D eigenvalue weighted by Gasteiger charge is -2.37. The van der Waals surface area contributed by atoms with E-state index in [9.17, 15) is 9.59 Å². The predicted octanol–water partition coefficient (Wildman–Crippen LogP) is 3.08. The van der Waals surface area contributed by atoms with E-state index in [4.69, 9.17) is 4.74 Å². The van der Waals surface area contributed by atoms with Gasteiger partial charge in [-0.3, -0.25) is 14.2 Å². The number of carbonyl (C=O) groups excluding carboxylic acids is 1. The van der Waals surface area contributed by atoms with E-state index in [0.717, 1.165) is 11.1 Å². The molecule has 1 aromatic heterocycles. The molecule has 0 bridgehead atoms. The highest BCUT2D eigenvalue weighted by atomic mass is 16.5. The average Bonchev–Trinajstić information content (AvgIpc) is 2.74. The molecule has 6 heteroatoms. The highest BCUT2D eigenvalue weighted by Crippen LogP contribution is 2.25. The van der Waals surface area contributed by atoms with E-state index in [1.54, 1.807) is 12.4 Å². The maximum absolute atomic E-state index is 12.9. The fraction of sp³-hybridized carbons (Fsp3) is 0.348. The average molecular weight is 391 g/mol. The number of rotatable bonds is 4.